The number of nitrogens with one attached hydrogen (secondary N) is 1. The van der Waals surface area contributed by atoms with Crippen molar-refractivity contribution in [2.45, 2.75) is 39.2 Å². The Kier molecular flexibility index (Phi) is 4.88. The Balaban J connectivity index is 2.14. The van der Waals surface area contributed by atoms with E-state index in [1.54, 1.807) is 6.92 Å². The van der Waals surface area contributed by atoms with E-state index in [9.17, 15) is 9.59 Å². The van der Waals surface area contributed by atoms with Gasteiger partial charge in [0.2, 0.25) is 11.8 Å². The smallest absolute Gasteiger partial charge is 0.272 e. The van der Waals surface area contributed by atoms with Crippen LogP contribution in [0, 0.1) is 0 Å². The van der Waals surface area contributed by atoms with E-state index in [0.717, 1.165) is 0 Å². The van der Waals surface area contributed by atoms with Crippen LogP contribution in [0.2, 0.25) is 5.02 Å². The van der Waals surface area contributed by atoms with Gasteiger partial charge in [-0.25, -0.2) is 4.98 Å². The molecule has 0 aliphatic rings. The van der Waals surface area contributed by atoms with Gasteiger partial charge < -0.3 is 15.6 Å². The molecule has 0 saturated carbocycles. The van der Waals surface area contributed by atoms with Crippen LogP contribution in [0.5, 0.6) is 0 Å². The Hall–Kier alpha value is -2.48. The van der Waals surface area contributed by atoms with Crippen molar-refractivity contribution in [3.63, 3.8) is 0 Å². The van der Waals surface area contributed by atoms with Crippen LogP contribution in [-0.2, 0) is 5.41 Å². The van der Waals surface area contributed by atoms with E-state index >= 15 is 0 Å². The highest BCUT2D eigenvalue weighted by atomic mass is 35.5. The molecule has 0 aliphatic heterocycles. The quantitative estimate of drug-likeness (QED) is 0.868. The Labute approximate surface area is 143 Å². The third-order valence-electron chi connectivity index (χ3n) is 3.17. The lowest BCUT2D eigenvalue weighted by Gasteiger charge is -2.12. The number of carbonyl (C=O) groups is 2. The predicted octanol–water partition coefficient (Wildman–Crippen LogP) is 2.01. The van der Waals surface area contributed by atoms with Crippen molar-refractivity contribution in [1.82, 2.24) is 20.4 Å². The van der Waals surface area contributed by atoms with Crippen molar-refractivity contribution in [2.75, 3.05) is 0 Å². The SMILES string of the molecule is CC(NC(=O)c1ncc(C(N)=O)cc1Cl)c1nc(C(C)(C)C)no1. The largest absolute Gasteiger partial charge is 0.366 e. The molecular weight excluding hydrogens is 334 g/mol. The highest BCUT2D eigenvalue weighted by Crippen LogP contribution is 2.21. The van der Waals surface area contributed by atoms with Gasteiger partial charge in [0.05, 0.1) is 10.6 Å². The summed E-state index contributed by atoms with van der Waals surface area (Å²) >= 11 is 5.98. The Morgan fingerprint density at radius 1 is 1.38 bits per heavy atom. The van der Waals surface area contributed by atoms with Crippen molar-refractivity contribution >= 4 is 23.4 Å². The molecule has 3 N–H and O–H groups in total. The first-order valence-corrected chi connectivity index (χ1v) is 7.57. The maximum absolute atomic E-state index is 12.3. The Morgan fingerprint density at radius 2 is 2.04 bits per heavy atom. The van der Waals surface area contributed by atoms with Gasteiger partial charge in [0, 0.05) is 11.6 Å². The summed E-state index contributed by atoms with van der Waals surface area (Å²) in [6, 6.07) is 0.760. The van der Waals surface area contributed by atoms with Gasteiger partial charge in [0.25, 0.3) is 5.91 Å². The van der Waals surface area contributed by atoms with E-state index in [4.69, 9.17) is 21.9 Å². The molecule has 0 aromatic carbocycles. The van der Waals surface area contributed by atoms with Gasteiger partial charge in [-0.3, -0.25) is 9.59 Å². The van der Waals surface area contributed by atoms with Gasteiger partial charge in [-0.05, 0) is 13.0 Å². The molecule has 2 rings (SSSR count). The predicted molar refractivity (Wildman–Crippen MR) is 86.6 cm³/mol. The molecular formula is C15H18ClN5O3. The molecule has 1 unspecified atom stereocenters. The van der Waals surface area contributed by atoms with Gasteiger partial charge >= 0.3 is 0 Å². The zero-order valence-corrected chi connectivity index (χ0v) is 14.5. The Morgan fingerprint density at radius 3 is 2.54 bits per heavy atom. The van der Waals surface area contributed by atoms with Crippen LogP contribution >= 0.6 is 11.6 Å². The minimum atomic E-state index is -0.676. The number of amides is 2. The van der Waals surface area contributed by atoms with Gasteiger partial charge in [0.15, 0.2) is 5.82 Å². The molecule has 128 valence electrons. The van der Waals surface area contributed by atoms with Crippen molar-refractivity contribution < 1.29 is 14.1 Å². The Bertz CT molecular complexity index is 782. The van der Waals surface area contributed by atoms with Crippen LogP contribution in [0.15, 0.2) is 16.8 Å². The number of carbonyl (C=O) groups excluding carboxylic acids is 2. The number of rotatable bonds is 4. The normalized spacial score (nSPS) is 12.7. The number of hydrogen-bond acceptors (Lipinski definition) is 6. The molecule has 9 heteroatoms. The summed E-state index contributed by atoms with van der Waals surface area (Å²) in [6.45, 7) is 7.56. The highest BCUT2D eigenvalue weighted by Gasteiger charge is 2.25. The molecule has 0 bridgehead atoms. The summed E-state index contributed by atoms with van der Waals surface area (Å²) in [5, 5.41) is 6.60. The van der Waals surface area contributed by atoms with Crippen LogP contribution < -0.4 is 11.1 Å². The number of pyridine rings is 1. The van der Waals surface area contributed by atoms with E-state index < -0.39 is 17.9 Å². The van der Waals surface area contributed by atoms with Gasteiger partial charge in [-0.15, -0.1) is 0 Å². The standard InChI is InChI=1S/C15H18ClN5O3/c1-7(13-20-14(21-24-13)15(2,3)4)19-12(23)10-9(16)5-8(6-18-10)11(17)22/h5-7H,1-4H3,(H2,17,22)(H,19,23). The fourth-order valence-electron chi connectivity index (χ4n) is 1.78. The van der Waals surface area contributed by atoms with Gasteiger partial charge in [-0.1, -0.05) is 37.5 Å². The maximum atomic E-state index is 12.3. The molecule has 0 spiro atoms. The van der Waals surface area contributed by atoms with Crippen molar-refractivity contribution in [1.29, 1.82) is 0 Å². The summed E-state index contributed by atoms with van der Waals surface area (Å²) in [6.07, 6.45) is 1.19. The third-order valence-corrected chi connectivity index (χ3v) is 3.46. The number of halogens is 1. The van der Waals surface area contributed by atoms with E-state index in [1.165, 1.54) is 12.3 Å². The monoisotopic (exact) mass is 351 g/mol. The minimum absolute atomic E-state index is 0.0240. The molecule has 2 aromatic rings. The molecule has 0 saturated heterocycles. The molecule has 8 nitrogen and oxygen atoms in total. The minimum Gasteiger partial charge on any atom is -0.366 e. The van der Waals surface area contributed by atoms with Crippen LogP contribution in [0.1, 0.15) is 66.3 Å². The lowest BCUT2D eigenvalue weighted by Crippen LogP contribution is -2.28. The van der Waals surface area contributed by atoms with Crippen LogP contribution in [0.3, 0.4) is 0 Å². The summed E-state index contributed by atoms with van der Waals surface area (Å²) < 4.78 is 5.18. The molecule has 2 amide bonds. The number of primary amides is 1. The lowest BCUT2D eigenvalue weighted by atomic mass is 9.96. The first-order valence-electron chi connectivity index (χ1n) is 7.20. The molecule has 0 fully saturated rings. The summed E-state index contributed by atoms with van der Waals surface area (Å²) in [5.74, 6) is -0.386. The molecule has 0 aliphatic carbocycles. The summed E-state index contributed by atoms with van der Waals surface area (Å²) in [4.78, 5) is 31.5. The second kappa shape index (κ2) is 6.56. The number of aromatic nitrogens is 3. The second-order valence-corrected chi connectivity index (χ2v) is 6.73. The van der Waals surface area contributed by atoms with Gasteiger partial charge in [0.1, 0.15) is 11.7 Å². The number of hydrogen-bond donors (Lipinski definition) is 2. The summed E-state index contributed by atoms with van der Waals surface area (Å²) in [7, 11) is 0. The van der Waals surface area contributed by atoms with Crippen LogP contribution in [0.25, 0.3) is 0 Å². The molecule has 2 aromatic heterocycles. The van der Waals surface area contributed by atoms with Crippen molar-refractivity contribution in [2.24, 2.45) is 5.73 Å². The molecule has 0 radical (unpaired) electrons. The number of nitrogens with two attached hydrogens (primary N) is 1. The fraction of sp³-hybridized carbons (Fsp3) is 0.400. The average Bonchev–Trinajstić information content (AvgIpc) is 2.96. The van der Waals surface area contributed by atoms with Crippen molar-refractivity contribution in [3.05, 3.63) is 40.3 Å². The molecule has 2 heterocycles. The van der Waals surface area contributed by atoms with Crippen LogP contribution in [0.4, 0.5) is 0 Å². The fourth-order valence-corrected chi connectivity index (χ4v) is 2.03. The van der Waals surface area contributed by atoms with Crippen LogP contribution in [-0.4, -0.2) is 26.9 Å². The van der Waals surface area contributed by atoms with E-state index in [2.05, 4.69) is 20.4 Å². The maximum Gasteiger partial charge on any atom is 0.272 e. The third kappa shape index (κ3) is 3.88. The topological polar surface area (TPSA) is 124 Å². The highest BCUT2D eigenvalue weighted by molar-refractivity contribution is 6.33. The second-order valence-electron chi connectivity index (χ2n) is 6.32. The van der Waals surface area contributed by atoms with E-state index in [0.29, 0.717) is 5.82 Å². The zero-order chi connectivity index (χ0) is 18.1. The summed E-state index contributed by atoms with van der Waals surface area (Å²) in [5.41, 5.74) is 4.97. The van der Waals surface area contributed by atoms with Gasteiger partial charge in [-0.2, -0.15) is 4.98 Å². The first kappa shape index (κ1) is 17.9. The zero-order valence-electron chi connectivity index (χ0n) is 13.8. The van der Waals surface area contributed by atoms with E-state index in [1.807, 2.05) is 20.8 Å². The molecule has 24 heavy (non-hydrogen) atoms. The average molecular weight is 352 g/mol. The lowest BCUT2D eigenvalue weighted by molar-refractivity contribution is 0.0925. The molecule has 1 atom stereocenters. The van der Waals surface area contributed by atoms with E-state index in [-0.39, 0.29) is 27.6 Å². The van der Waals surface area contributed by atoms with Crippen molar-refractivity contribution in [3.8, 4) is 0 Å². The first-order chi connectivity index (χ1) is 11.1. The number of nitrogens with zero attached hydrogens (tertiary/aromatic N) is 3.